The van der Waals surface area contributed by atoms with Gasteiger partial charge in [0.2, 0.25) is 0 Å². The molecule has 0 aliphatic rings. The van der Waals surface area contributed by atoms with Crippen LogP contribution in [0.1, 0.15) is 23.3 Å². The van der Waals surface area contributed by atoms with Crippen LogP contribution >= 0.6 is 35.3 Å². The van der Waals surface area contributed by atoms with E-state index in [0.717, 1.165) is 23.9 Å². The average molecular weight is 482 g/mol. The van der Waals surface area contributed by atoms with Crippen molar-refractivity contribution in [3.05, 3.63) is 64.7 Å². The van der Waals surface area contributed by atoms with Crippen LogP contribution in [0.3, 0.4) is 0 Å². The number of guanidine groups is 1. The van der Waals surface area contributed by atoms with E-state index in [9.17, 15) is 0 Å². The average Bonchev–Trinajstić information content (AvgIpc) is 3.35. The van der Waals surface area contributed by atoms with Crippen LogP contribution in [-0.4, -0.2) is 34.3 Å². The fraction of sp³-hybridized carbons (Fsp3) is 0.278. The minimum atomic E-state index is 0. The number of rotatable bonds is 6. The highest BCUT2D eigenvalue weighted by atomic mass is 127. The SMILES string of the molecule is CN=C(NCc1ccnc(-n2cccn2)c1)NCC(C)c1cccs1.I. The van der Waals surface area contributed by atoms with Crippen molar-refractivity contribution in [3.63, 3.8) is 0 Å². The first-order valence-corrected chi connectivity index (χ1v) is 9.07. The summed E-state index contributed by atoms with van der Waals surface area (Å²) in [5, 5.41) is 13.0. The van der Waals surface area contributed by atoms with Crippen LogP contribution in [0, 0.1) is 0 Å². The van der Waals surface area contributed by atoms with E-state index in [1.54, 1.807) is 35.5 Å². The number of nitrogens with one attached hydrogen (secondary N) is 2. The van der Waals surface area contributed by atoms with Gasteiger partial charge in [0.25, 0.3) is 0 Å². The Kier molecular flexibility index (Phi) is 8.05. The Bertz CT molecular complexity index is 801. The molecule has 1 atom stereocenters. The summed E-state index contributed by atoms with van der Waals surface area (Å²) < 4.78 is 1.75. The van der Waals surface area contributed by atoms with Crippen LogP contribution in [0.15, 0.2) is 59.3 Å². The zero-order valence-electron chi connectivity index (χ0n) is 14.8. The maximum absolute atomic E-state index is 4.35. The molecule has 0 radical (unpaired) electrons. The number of thiophene rings is 1. The summed E-state index contributed by atoms with van der Waals surface area (Å²) in [6.45, 7) is 3.73. The summed E-state index contributed by atoms with van der Waals surface area (Å²) in [6.07, 6.45) is 5.42. The quantitative estimate of drug-likeness (QED) is 0.321. The Hall–Kier alpha value is -1.94. The van der Waals surface area contributed by atoms with Crippen molar-refractivity contribution in [2.24, 2.45) is 4.99 Å². The first-order valence-electron chi connectivity index (χ1n) is 8.19. The van der Waals surface area contributed by atoms with Gasteiger partial charge in [0.15, 0.2) is 11.8 Å². The second kappa shape index (κ2) is 10.3. The number of pyridine rings is 1. The Labute approximate surface area is 174 Å². The van der Waals surface area contributed by atoms with E-state index < -0.39 is 0 Å². The minimum absolute atomic E-state index is 0. The number of halogens is 1. The standard InChI is InChI=1S/C18H22N6S.HI/c1-14(16-5-3-10-25-16)12-21-18(19-2)22-13-15-6-8-20-17(11-15)24-9-4-7-23-24;/h3-11,14H,12-13H2,1-2H3,(H2,19,21,22);1H. The molecule has 0 saturated carbocycles. The predicted molar refractivity (Wildman–Crippen MR) is 118 cm³/mol. The van der Waals surface area contributed by atoms with Gasteiger partial charge >= 0.3 is 0 Å². The molecule has 2 N–H and O–H groups in total. The van der Waals surface area contributed by atoms with Crippen LogP contribution in [0.4, 0.5) is 0 Å². The van der Waals surface area contributed by atoms with Crippen LogP contribution in [-0.2, 0) is 6.54 Å². The summed E-state index contributed by atoms with van der Waals surface area (Å²) in [6, 6.07) is 10.1. The van der Waals surface area contributed by atoms with Crippen molar-refractivity contribution in [2.45, 2.75) is 19.4 Å². The zero-order chi connectivity index (χ0) is 17.5. The van der Waals surface area contributed by atoms with Gasteiger partial charge in [-0.1, -0.05) is 13.0 Å². The smallest absolute Gasteiger partial charge is 0.191 e. The molecule has 1 unspecified atom stereocenters. The molecule has 0 spiro atoms. The van der Waals surface area contributed by atoms with E-state index in [1.165, 1.54) is 4.88 Å². The van der Waals surface area contributed by atoms with Crippen LogP contribution in [0.2, 0.25) is 0 Å². The number of hydrogen-bond donors (Lipinski definition) is 2. The molecule has 8 heteroatoms. The molecule has 26 heavy (non-hydrogen) atoms. The minimum Gasteiger partial charge on any atom is -0.356 e. The zero-order valence-corrected chi connectivity index (χ0v) is 17.9. The van der Waals surface area contributed by atoms with E-state index in [1.807, 2.05) is 24.4 Å². The van der Waals surface area contributed by atoms with Gasteiger partial charge in [-0.15, -0.1) is 35.3 Å². The van der Waals surface area contributed by atoms with Gasteiger partial charge in [0.1, 0.15) is 0 Å². The summed E-state index contributed by atoms with van der Waals surface area (Å²) in [5.74, 6) is 2.05. The summed E-state index contributed by atoms with van der Waals surface area (Å²) in [4.78, 5) is 10.0. The lowest BCUT2D eigenvalue weighted by Gasteiger charge is -2.15. The fourth-order valence-corrected chi connectivity index (χ4v) is 3.22. The highest BCUT2D eigenvalue weighted by Gasteiger charge is 2.07. The third-order valence-electron chi connectivity index (χ3n) is 3.84. The lowest BCUT2D eigenvalue weighted by atomic mass is 10.1. The molecule has 0 aliphatic carbocycles. The van der Waals surface area contributed by atoms with E-state index >= 15 is 0 Å². The van der Waals surface area contributed by atoms with Crippen LogP contribution in [0.25, 0.3) is 5.82 Å². The fourth-order valence-electron chi connectivity index (χ4n) is 2.43. The summed E-state index contributed by atoms with van der Waals surface area (Å²) in [5.41, 5.74) is 1.12. The van der Waals surface area contributed by atoms with E-state index in [2.05, 4.69) is 50.1 Å². The van der Waals surface area contributed by atoms with Gasteiger partial charge in [-0.3, -0.25) is 4.99 Å². The van der Waals surface area contributed by atoms with Gasteiger partial charge in [0, 0.05) is 49.5 Å². The molecule has 3 aromatic rings. The molecule has 0 amide bonds. The van der Waals surface area contributed by atoms with E-state index in [-0.39, 0.29) is 24.0 Å². The first kappa shape index (κ1) is 20.4. The van der Waals surface area contributed by atoms with Crippen molar-refractivity contribution in [1.82, 2.24) is 25.4 Å². The van der Waals surface area contributed by atoms with Crippen molar-refractivity contribution in [2.75, 3.05) is 13.6 Å². The second-order valence-electron chi connectivity index (χ2n) is 5.70. The Morgan fingerprint density at radius 2 is 2.15 bits per heavy atom. The van der Waals surface area contributed by atoms with Crippen LogP contribution in [0.5, 0.6) is 0 Å². The topological polar surface area (TPSA) is 67.1 Å². The molecule has 6 nitrogen and oxygen atoms in total. The van der Waals surface area contributed by atoms with Gasteiger partial charge in [0.05, 0.1) is 0 Å². The van der Waals surface area contributed by atoms with E-state index in [4.69, 9.17) is 0 Å². The van der Waals surface area contributed by atoms with Crippen LogP contribution < -0.4 is 10.6 Å². The van der Waals surface area contributed by atoms with Gasteiger partial charge in [-0.25, -0.2) is 9.67 Å². The monoisotopic (exact) mass is 482 g/mol. The number of aromatic nitrogens is 3. The lowest BCUT2D eigenvalue weighted by Crippen LogP contribution is -2.38. The molecule has 0 aliphatic heterocycles. The van der Waals surface area contributed by atoms with Gasteiger partial charge < -0.3 is 10.6 Å². The summed E-state index contributed by atoms with van der Waals surface area (Å²) in [7, 11) is 1.78. The highest BCUT2D eigenvalue weighted by Crippen LogP contribution is 2.19. The molecular weight excluding hydrogens is 459 g/mol. The predicted octanol–water partition coefficient (Wildman–Crippen LogP) is 3.42. The van der Waals surface area contributed by atoms with Crippen molar-refractivity contribution in [1.29, 1.82) is 0 Å². The highest BCUT2D eigenvalue weighted by molar-refractivity contribution is 14.0. The molecule has 0 aromatic carbocycles. The molecule has 3 heterocycles. The molecular formula is C18H23IN6S. The molecule has 3 rings (SSSR count). The normalized spacial score (nSPS) is 12.3. The Morgan fingerprint density at radius 3 is 2.85 bits per heavy atom. The third-order valence-corrected chi connectivity index (χ3v) is 4.94. The van der Waals surface area contributed by atoms with Crippen molar-refractivity contribution >= 4 is 41.3 Å². The summed E-state index contributed by atoms with van der Waals surface area (Å²) >= 11 is 1.79. The van der Waals surface area contributed by atoms with Crippen molar-refractivity contribution < 1.29 is 0 Å². The van der Waals surface area contributed by atoms with E-state index in [0.29, 0.717) is 12.5 Å². The molecule has 0 bridgehead atoms. The lowest BCUT2D eigenvalue weighted by molar-refractivity contribution is 0.708. The maximum atomic E-state index is 4.35. The molecule has 0 saturated heterocycles. The largest absolute Gasteiger partial charge is 0.356 e. The van der Waals surface area contributed by atoms with Crippen molar-refractivity contribution in [3.8, 4) is 5.82 Å². The number of aliphatic imine (C=N–C) groups is 1. The van der Waals surface area contributed by atoms with Gasteiger partial charge in [-0.2, -0.15) is 5.10 Å². The first-order chi connectivity index (χ1) is 12.3. The van der Waals surface area contributed by atoms with Gasteiger partial charge in [-0.05, 0) is 35.2 Å². The molecule has 0 fully saturated rings. The number of hydrogen-bond acceptors (Lipinski definition) is 4. The maximum Gasteiger partial charge on any atom is 0.191 e. The molecule has 3 aromatic heterocycles. The molecule has 138 valence electrons. The Morgan fingerprint density at radius 1 is 1.27 bits per heavy atom. The number of nitrogens with zero attached hydrogens (tertiary/aromatic N) is 4. The Balaban J connectivity index is 0.00000243. The second-order valence-corrected chi connectivity index (χ2v) is 6.68. The third kappa shape index (κ3) is 5.53.